The van der Waals surface area contributed by atoms with Gasteiger partial charge in [-0.15, -0.1) is 0 Å². The van der Waals surface area contributed by atoms with Gasteiger partial charge in [0.2, 0.25) is 5.91 Å². The summed E-state index contributed by atoms with van der Waals surface area (Å²) in [4.78, 5) is 19.3. The van der Waals surface area contributed by atoms with Crippen molar-refractivity contribution in [3.63, 3.8) is 0 Å². The molecule has 1 saturated heterocycles. The van der Waals surface area contributed by atoms with Crippen LogP contribution in [0.2, 0.25) is 0 Å². The van der Waals surface area contributed by atoms with Crippen LogP contribution in [0, 0.1) is 0 Å². The normalized spacial score (nSPS) is 23.5. The van der Waals surface area contributed by atoms with Crippen LogP contribution in [0.4, 0.5) is 5.69 Å². The molecule has 0 aliphatic carbocycles. The average molecular weight is 325 g/mol. The molecule has 6 nitrogen and oxygen atoms in total. The van der Waals surface area contributed by atoms with Crippen LogP contribution in [-0.2, 0) is 17.8 Å². The fourth-order valence-corrected chi connectivity index (χ4v) is 3.65. The fraction of sp³-hybridized carbons (Fsp3) is 0.500. The van der Waals surface area contributed by atoms with Gasteiger partial charge < -0.3 is 4.90 Å². The van der Waals surface area contributed by atoms with E-state index in [2.05, 4.69) is 22.3 Å². The van der Waals surface area contributed by atoms with Crippen molar-refractivity contribution in [1.82, 2.24) is 20.1 Å². The van der Waals surface area contributed by atoms with Gasteiger partial charge >= 0.3 is 0 Å². The first kappa shape index (κ1) is 15.3. The van der Waals surface area contributed by atoms with E-state index in [0.29, 0.717) is 0 Å². The predicted octanol–water partition coefficient (Wildman–Crippen LogP) is 2.07. The summed E-state index contributed by atoms with van der Waals surface area (Å²) in [5.74, 6) is 2.04. The van der Waals surface area contributed by atoms with Gasteiger partial charge in [0.15, 0.2) is 5.82 Å². The number of para-hydroxylation sites is 1. The molecule has 3 heterocycles. The number of benzene rings is 1. The lowest BCUT2D eigenvalue weighted by Gasteiger charge is -2.26. The predicted molar refractivity (Wildman–Crippen MR) is 91.7 cm³/mol. The highest BCUT2D eigenvalue weighted by molar-refractivity contribution is 5.99. The largest absolute Gasteiger partial charge is 0.311 e. The molecule has 6 heteroatoms. The number of amides is 1. The van der Waals surface area contributed by atoms with Gasteiger partial charge in [0.1, 0.15) is 5.82 Å². The number of hydrogen-bond acceptors (Lipinski definition) is 4. The molecule has 0 radical (unpaired) electrons. The highest BCUT2D eigenvalue weighted by atomic mass is 16.2. The van der Waals surface area contributed by atoms with Crippen molar-refractivity contribution in [3.05, 3.63) is 42.0 Å². The summed E-state index contributed by atoms with van der Waals surface area (Å²) in [5, 5.41) is 8.09. The third kappa shape index (κ3) is 2.71. The van der Waals surface area contributed by atoms with Crippen molar-refractivity contribution in [2.75, 3.05) is 11.4 Å². The zero-order valence-electron chi connectivity index (χ0n) is 14.0. The maximum Gasteiger partial charge on any atom is 0.244 e. The van der Waals surface area contributed by atoms with Crippen molar-refractivity contribution in [2.24, 2.45) is 0 Å². The lowest BCUT2D eigenvalue weighted by atomic mass is 10.1. The minimum Gasteiger partial charge on any atom is -0.311 e. The summed E-state index contributed by atoms with van der Waals surface area (Å²) in [6.07, 6.45) is 3.76. The molecule has 24 heavy (non-hydrogen) atoms. The quantitative estimate of drug-likeness (QED) is 0.935. The zero-order chi connectivity index (χ0) is 16.5. The van der Waals surface area contributed by atoms with Crippen molar-refractivity contribution in [1.29, 1.82) is 0 Å². The molecule has 4 rings (SSSR count). The summed E-state index contributed by atoms with van der Waals surface area (Å²) in [5.41, 5.74) is 0.979. The Labute approximate surface area is 141 Å². The number of aryl methyl sites for hydroxylation is 2. The van der Waals surface area contributed by atoms with Gasteiger partial charge in [0.25, 0.3) is 0 Å². The molecule has 2 aliphatic rings. The van der Waals surface area contributed by atoms with Gasteiger partial charge in [-0.3, -0.25) is 10.1 Å². The zero-order valence-corrected chi connectivity index (χ0v) is 14.0. The lowest BCUT2D eigenvalue weighted by molar-refractivity contribution is -0.119. The maximum absolute atomic E-state index is 12.8. The summed E-state index contributed by atoms with van der Waals surface area (Å²) >= 11 is 0. The molecule has 1 fully saturated rings. The average Bonchev–Trinajstić information content (AvgIpc) is 3.20. The number of hydrogen-bond donors (Lipinski definition) is 1. The van der Waals surface area contributed by atoms with E-state index in [1.54, 1.807) is 0 Å². The van der Waals surface area contributed by atoms with E-state index in [-0.39, 0.29) is 18.0 Å². The van der Waals surface area contributed by atoms with Crippen molar-refractivity contribution < 1.29 is 4.79 Å². The van der Waals surface area contributed by atoms with Gasteiger partial charge in [0.05, 0.1) is 12.1 Å². The summed E-state index contributed by atoms with van der Waals surface area (Å²) in [7, 11) is 0. The summed E-state index contributed by atoms with van der Waals surface area (Å²) in [6.45, 7) is 3.76. The van der Waals surface area contributed by atoms with E-state index in [9.17, 15) is 4.79 Å². The Morgan fingerprint density at radius 1 is 1.17 bits per heavy atom. The Bertz CT molecular complexity index is 726. The third-order valence-corrected chi connectivity index (χ3v) is 4.91. The number of carbonyl (C=O) groups excluding carboxylic acids is 1. The van der Waals surface area contributed by atoms with E-state index in [1.807, 2.05) is 39.9 Å². The smallest absolute Gasteiger partial charge is 0.244 e. The van der Waals surface area contributed by atoms with Gasteiger partial charge in [-0.05, 0) is 31.4 Å². The molecule has 1 N–H and O–H groups in total. The standard InChI is InChI=1S/C18H23N5O/c1-2-16-20-17-14(9-6-11-23(17)21-16)19-15-10-12-22(18(15)24)13-7-4-3-5-8-13/h3-5,7-8,14-15,19H,2,6,9-12H2,1H3/t14-,15+/m1/s1. The number of anilines is 1. The van der Waals surface area contributed by atoms with E-state index in [4.69, 9.17) is 0 Å². The first-order valence-electron chi connectivity index (χ1n) is 8.82. The fourth-order valence-electron chi connectivity index (χ4n) is 3.65. The van der Waals surface area contributed by atoms with E-state index >= 15 is 0 Å². The van der Waals surface area contributed by atoms with Crippen molar-refractivity contribution in [3.8, 4) is 0 Å². The van der Waals surface area contributed by atoms with Crippen LogP contribution in [0.3, 0.4) is 0 Å². The van der Waals surface area contributed by atoms with E-state index < -0.39 is 0 Å². The lowest BCUT2D eigenvalue weighted by Crippen LogP contribution is -2.42. The van der Waals surface area contributed by atoms with E-state index in [1.165, 1.54) is 0 Å². The Morgan fingerprint density at radius 3 is 2.79 bits per heavy atom. The summed E-state index contributed by atoms with van der Waals surface area (Å²) < 4.78 is 2.01. The molecule has 126 valence electrons. The van der Waals surface area contributed by atoms with Crippen LogP contribution in [0.25, 0.3) is 0 Å². The van der Waals surface area contributed by atoms with Crippen molar-refractivity contribution >= 4 is 11.6 Å². The Balaban J connectivity index is 1.49. The molecule has 2 aliphatic heterocycles. The summed E-state index contributed by atoms with van der Waals surface area (Å²) in [6, 6.07) is 9.88. The van der Waals surface area contributed by atoms with Crippen molar-refractivity contribution in [2.45, 2.75) is 51.2 Å². The van der Waals surface area contributed by atoms with E-state index in [0.717, 1.165) is 56.1 Å². The number of fused-ring (bicyclic) bond motifs is 1. The second-order valence-corrected chi connectivity index (χ2v) is 6.49. The maximum atomic E-state index is 12.8. The van der Waals surface area contributed by atoms with Gasteiger partial charge in [-0.25, -0.2) is 9.67 Å². The van der Waals surface area contributed by atoms with Gasteiger partial charge in [-0.1, -0.05) is 25.1 Å². The highest BCUT2D eigenvalue weighted by Gasteiger charge is 2.35. The van der Waals surface area contributed by atoms with Crippen LogP contribution < -0.4 is 10.2 Å². The topological polar surface area (TPSA) is 63.1 Å². The number of nitrogens with zero attached hydrogens (tertiary/aromatic N) is 4. The van der Waals surface area contributed by atoms with Crippen LogP contribution in [0.5, 0.6) is 0 Å². The Morgan fingerprint density at radius 2 is 2.00 bits per heavy atom. The first-order valence-corrected chi connectivity index (χ1v) is 8.82. The first-order chi connectivity index (χ1) is 11.8. The Hall–Kier alpha value is -2.21. The minimum atomic E-state index is -0.136. The monoisotopic (exact) mass is 325 g/mol. The number of carbonyl (C=O) groups is 1. The molecular weight excluding hydrogens is 302 g/mol. The van der Waals surface area contributed by atoms with Gasteiger partial charge in [-0.2, -0.15) is 5.10 Å². The van der Waals surface area contributed by atoms with Crippen LogP contribution >= 0.6 is 0 Å². The second kappa shape index (κ2) is 6.36. The number of nitrogens with one attached hydrogen (secondary N) is 1. The number of rotatable bonds is 4. The molecule has 0 saturated carbocycles. The minimum absolute atomic E-state index is 0.122. The molecule has 1 aromatic carbocycles. The van der Waals surface area contributed by atoms with Crippen LogP contribution in [-0.4, -0.2) is 33.3 Å². The molecule has 0 spiro atoms. The van der Waals surface area contributed by atoms with Crippen LogP contribution in [0.1, 0.15) is 43.9 Å². The SMILES string of the molecule is CCc1nc2n(n1)CCC[C@H]2N[C@H]1CCN(c2ccccc2)C1=O. The number of aromatic nitrogens is 3. The molecule has 0 bridgehead atoms. The molecule has 1 aromatic heterocycles. The molecule has 2 atom stereocenters. The second-order valence-electron chi connectivity index (χ2n) is 6.49. The highest BCUT2D eigenvalue weighted by Crippen LogP contribution is 2.27. The molecule has 1 amide bonds. The Kier molecular flexibility index (Phi) is 4.06. The molecular formula is C18H23N5O. The third-order valence-electron chi connectivity index (χ3n) is 4.91. The van der Waals surface area contributed by atoms with Gasteiger partial charge in [0, 0.05) is 25.2 Å². The molecule has 2 aromatic rings. The van der Waals surface area contributed by atoms with Crippen LogP contribution in [0.15, 0.2) is 30.3 Å². The molecule has 0 unspecified atom stereocenters.